The Morgan fingerprint density at radius 1 is 1.12 bits per heavy atom. The summed E-state index contributed by atoms with van der Waals surface area (Å²) in [5, 5.41) is 0.772. The molecule has 0 unspecified atom stereocenters. The van der Waals surface area contributed by atoms with Crippen molar-refractivity contribution < 1.29 is 4.74 Å². The molecule has 1 nitrogen and oxygen atoms in total. The first-order valence-corrected chi connectivity index (χ1v) is 7.23. The van der Waals surface area contributed by atoms with E-state index in [1.807, 2.05) is 42.5 Å². The molecule has 0 atom stereocenters. The second kappa shape index (κ2) is 5.98. The van der Waals surface area contributed by atoms with E-state index in [-0.39, 0.29) is 0 Å². The van der Waals surface area contributed by atoms with Gasteiger partial charge in [0.05, 0.1) is 7.11 Å². The van der Waals surface area contributed by atoms with E-state index in [4.69, 9.17) is 16.3 Å². The highest BCUT2D eigenvalue weighted by atomic mass is 127. The Kier molecular flexibility index (Phi) is 4.59. The lowest BCUT2D eigenvalue weighted by atomic mass is 10.3. The number of rotatable bonds is 3. The smallest absolute Gasteiger partial charge is 0.118 e. The Morgan fingerprint density at radius 3 is 2.41 bits per heavy atom. The Balaban J connectivity index is 2.19. The van der Waals surface area contributed by atoms with Gasteiger partial charge in [-0.2, -0.15) is 0 Å². The van der Waals surface area contributed by atoms with Crippen LogP contribution in [0.2, 0.25) is 5.02 Å². The van der Waals surface area contributed by atoms with Crippen molar-refractivity contribution in [1.29, 1.82) is 0 Å². The maximum Gasteiger partial charge on any atom is 0.118 e. The molecular weight excluding hydrogens is 367 g/mol. The summed E-state index contributed by atoms with van der Waals surface area (Å²) in [6.07, 6.45) is 0. The van der Waals surface area contributed by atoms with Crippen molar-refractivity contribution >= 4 is 46.0 Å². The van der Waals surface area contributed by atoms with Crippen LogP contribution in [0.3, 0.4) is 0 Å². The molecule has 0 aliphatic rings. The van der Waals surface area contributed by atoms with Gasteiger partial charge in [-0.25, -0.2) is 0 Å². The SMILES string of the molecule is COc1ccc(Sc2ccc(Cl)cc2I)cc1. The number of hydrogen-bond donors (Lipinski definition) is 0. The molecule has 4 heteroatoms. The fourth-order valence-electron chi connectivity index (χ4n) is 1.33. The number of benzene rings is 2. The largest absolute Gasteiger partial charge is 0.497 e. The second-order valence-corrected chi connectivity index (χ2v) is 6.07. The molecule has 0 bridgehead atoms. The van der Waals surface area contributed by atoms with Crippen molar-refractivity contribution in [2.24, 2.45) is 0 Å². The van der Waals surface area contributed by atoms with Gasteiger partial charge in [0.15, 0.2) is 0 Å². The van der Waals surface area contributed by atoms with Crippen LogP contribution in [0.5, 0.6) is 5.75 Å². The van der Waals surface area contributed by atoms with E-state index in [9.17, 15) is 0 Å². The summed E-state index contributed by atoms with van der Waals surface area (Å²) < 4.78 is 6.29. The third-order valence-corrected chi connectivity index (χ3v) is 4.76. The van der Waals surface area contributed by atoms with Crippen LogP contribution in [-0.4, -0.2) is 7.11 Å². The first-order chi connectivity index (χ1) is 8.19. The van der Waals surface area contributed by atoms with Gasteiger partial charge in [0.2, 0.25) is 0 Å². The van der Waals surface area contributed by atoms with Crippen LogP contribution in [0.1, 0.15) is 0 Å². The Bertz CT molecular complexity index is 513. The van der Waals surface area contributed by atoms with E-state index in [1.54, 1.807) is 18.9 Å². The van der Waals surface area contributed by atoms with Gasteiger partial charge in [-0.05, 0) is 65.1 Å². The molecule has 17 heavy (non-hydrogen) atoms. The summed E-state index contributed by atoms with van der Waals surface area (Å²) in [6.45, 7) is 0. The Hall–Kier alpha value is -0.390. The van der Waals surface area contributed by atoms with E-state index >= 15 is 0 Å². The van der Waals surface area contributed by atoms with Gasteiger partial charge in [0.1, 0.15) is 5.75 Å². The maximum absolute atomic E-state index is 5.93. The highest BCUT2D eigenvalue weighted by Gasteiger charge is 2.03. The zero-order valence-electron chi connectivity index (χ0n) is 9.11. The van der Waals surface area contributed by atoms with Crippen LogP contribution in [-0.2, 0) is 0 Å². The van der Waals surface area contributed by atoms with Crippen LogP contribution in [0.4, 0.5) is 0 Å². The Labute approximate surface area is 124 Å². The summed E-state index contributed by atoms with van der Waals surface area (Å²) in [6, 6.07) is 13.9. The summed E-state index contributed by atoms with van der Waals surface area (Å²) >= 11 is 9.95. The molecule has 0 fully saturated rings. The lowest BCUT2D eigenvalue weighted by molar-refractivity contribution is 0.414. The van der Waals surface area contributed by atoms with Gasteiger partial charge in [0.25, 0.3) is 0 Å². The third-order valence-electron chi connectivity index (χ3n) is 2.18. The van der Waals surface area contributed by atoms with Gasteiger partial charge < -0.3 is 4.74 Å². The number of methoxy groups -OCH3 is 1. The number of ether oxygens (including phenoxy) is 1. The summed E-state index contributed by atoms with van der Waals surface area (Å²) in [7, 11) is 1.67. The molecule has 2 aromatic rings. The third kappa shape index (κ3) is 3.53. The highest BCUT2D eigenvalue weighted by Crippen LogP contribution is 2.33. The van der Waals surface area contributed by atoms with Crippen LogP contribution < -0.4 is 4.74 Å². The fraction of sp³-hybridized carbons (Fsp3) is 0.0769. The highest BCUT2D eigenvalue weighted by molar-refractivity contribution is 14.1. The summed E-state index contributed by atoms with van der Waals surface area (Å²) in [5.41, 5.74) is 0. The van der Waals surface area contributed by atoms with Gasteiger partial charge >= 0.3 is 0 Å². The molecule has 88 valence electrons. The molecule has 0 amide bonds. The molecule has 0 heterocycles. The van der Waals surface area contributed by atoms with Gasteiger partial charge in [0, 0.05) is 18.4 Å². The molecule has 0 radical (unpaired) electrons. The van der Waals surface area contributed by atoms with E-state index in [2.05, 4.69) is 22.6 Å². The maximum atomic E-state index is 5.93. The van der Waals surface area contributed by atoms with Crippen LogP contribution >= 0.6 is 46.0 Å². The normalized spacial score (nSPS) is 10.3. The lowest BCUT2D eigenvalue weighted by Gasteiger charge is -2.05. The van der Waals surface area contributed by atoms with E-state index in [0.717, 1.165) is 14.3 Å². The second-order valence-electron chi connectivity index (χ2n) is 3.35. The lowest BCUT2D eigenvalue weighted by Crippen LogP contribution is -1.82. The van der Waals surface area contributed by atoms with Crippen molar-refractivity contribution in [3.8, 4) is 5.75 Å². The van der Waals surface area contributed by atoms with E-state index < -0.39 is 0 Å². The quantitative estimate of drug-likeness (QED) is 0.689. The molecule has 0 saturated carbocycles. The van der Waals surface area contributed by atoms with Crippen molar-refractivity contribution in [2.75, 3.05) is 7.11 Å². The molecular formula is C13H10ClIOS. The molecule has 0 aliphatic heterocycles. The predicted molar refractivity (Wildman–Crippen MR) is 81.3 cm³/mol. The molecule has 0 spiro atoms. The van der Waals surface area contributed by atoms with Crippen molar-refractivity contribution in [1.82, 2.24) is 0 Å². The standard InChI is InChI=1S/C13H10ClIOS/c1-16-10-3-5-11(6-4-10)17-13-7-2-9(14)8-12(13)15/h2-8H,1H3. The number of hydrogen-bond acceptors (Lipinski definition) is 2. The van der Waals surface area contributed by atoms with Crippen molar-refractivity contribution in [3.63, 3.8) is 0 Å². The van der Waals surface area contributed by atoms with Gasteiger partial charge in [-0.3, -0.25) is 0 Å². The zero-order chi connectivity index (χ0) is 12.3. The Morgan fingerprint density at radius 2 is 1.82 bits per heavy atom. The summed E-state index contributed by atoms with van der Waals surface area (Å²) in [4.78, 5) is 2.39. The monoisotopic (exact) mass is 376 g/mol. The molecule has 2 rings (SSSR count). The van der Waals surface area contributed by atoms with Crippen molar-refractivity contribution in [3.05, 3.63) is 51.1 Å². The number of halogens is 2. The predicted octanol–water partition coefficient (Wildman–Crippen LogP) is 5.10. The minimum absolute atomic E-state index is 0.772. The van der Waals surface area contributed by atoms with Gasteiger partial charge in [-0.15, -0.1) is 0 Å². The first-order valence-electron chi connectivity index (χ1n) is 4.96. The minimum atomic E-state index is 0.772. The van der Waals surface area contributed by atoms with Crippen LogP contribution in [0.15, 0.2) is 52.3 Å². The average Bonchev–Trinajstić information content (AvgIpc) is 2.34. The van der Waals surface area contributed by atoms with E-state index in [1.165, 1.54) is 9.79 Å². The zero-order valence-corrected chi connectivity index (χ0v) is 12.8. The molecule has 2 aromatic carbocycles. The minimum Gasteiger partial charge on any atom is -0.497 e. The first kappa shape index (κ1) is 13.1. The topological polar surface area (TPSA) is 9.23 Å². The summed E-state index contributed by atoms with van der Waals surface area (Å²) in [5.74, 6) is 0.875. The molecule has 0 N–H and O–H groups in total. The van der Waals surface area contributed by atoms with Crippen molar-refractivity contribution in [2.45, 2.75) is 9.79 Å². The molecule has 0 aliphatic carbocycles. The fourth-order valence-corrected chi connectivity index (χ4v) is 3.35. The average molecular weight is 377 g/mol. The van der Waals surface area contributed by atoms with Crippen LogP contribution in [0.25, 0.3) is 0 Å². The van der Waals surface area contributed by atoms with E-state index in [0.29, 0.717) is 0 Å². The van der Waals surface area contributed by atoms with Crippen LogP contribution in [0, 0.1) is 3.57 Å². The van der Waals surface area contributed by atoms with Gasteiger partial charge in [-0.1, -0.05) is 23.4 Å². The molecule has 0 saturated heterocycles. The molecule has 0 aromatic heterocycles.